The van der Waals surface area contributed by atoms with Crippen LogP contribution in [0.1, 0.15) is 26.3 Å². The second-order valence-electron chi connectivity index (χ2n) is 7.89. The molecule has 3 rings (SSSR count). The molecule has 0 amide bonds. The molecule has 0 saturated heterocycles. The molecule has 0 aromatic carbocycles. The van der Waals surface area contributed by atoms with Crippen molar-refractivity contribution < 1.29 is 21.8 Å². The van der Waals surface area contributed by atoms with E-state index in [1.165, 1.54) is 12.3 Å². The van der Waals surface area contributed by atoms with Crippen LogP contribution in [0.5, 0.6) is 0 Å². The highest BCUT2D eigenvalue weighted by Gasteiger charge is 2.30. The quantitative estimate of drug-likeness (QED) is 0.523. The van der Waals surface area contributed by atoms with Crippen molar-refractivity contribution in [2.75, 3.05) is 11.1 Å². The van der Waals surface area contributed by atoms with Crippen LogP contribution < -0.4 is 5.32 Å². The molecule has 0 aliphatic heterocycles. The van der Waals surface area contributed by atoms with Gasteiger partial charge < -0.3 is 10.3 Å². The van der Waals surface area contributed by atoms with E-state index < -0.39 is 39.0 Å². The van der Waals surface area contributed by atoms with Crippen LogP contribution >= 0.6 is 0 Å². The first-order valence-electron chi connectivity index (χ1n) is 8.84. The molecule has 3 aromatic rings. The summed E-state index contributed by atoms with van der Waals surface area (Å²) in [6, 6.07) is 3.14. The van der Waals surface area contributed by atoms with Crippen LogP contribution in [-0.2, 0) is 10.1 Å². The van der Waals surface area contributed by atoms with Crippen LogP contribution in [0.4, 0.5) is 14.6 Å². The number of nitriles is 1. The second-order valence-corrected chi connectivity index (χ2v) is 9.39. The molecule has 0 aliphatic carbocycles. The Morgan fingerprint density at radius 3 is 2.63 bits per heavy atom. The van der Waals surface area contributed by atoms with E-state index in [1.807, 2.05) is 6.07 Å². The monoisotopic (exact) mass is 435 g/mol. The van der Waals surface area contributed by atoms with Gasteiger partial charge in [0, 0.05) is 23.2 Å². The van der Waals surface area contributed by atoms with E-state index in [-0.39, 0.29) is 17.1 Å². The highest BCUT2D eigenvalue weighted by atomic mass is 32.2. The standard InChI is InChI=1S/C19H19F2N5O3S/c1-19(2,3)15(9-30(27,28)29)25-18-14(21)4-10(6-22)16(26-18)13-8-24-17-12(13)5-11(20)7-23-17/h4-5,7-8,15H,9H2,1-3H3,(H,23,24)(H,25,26)(H,27,28,29)/t15-/m1/s1. The maximum atomic E-state index is 14.6. The van der Waals surface area contributed by atoms with Gasteiger partial charge in [0.25, 0.3) is 10.1 Å². The Bertz CT molecular complexity index is 1260. The van der Waals surface area contributed by atoms with Crippen molar-refractivity contribution in [1.82, 2.24) is 15.0 Å². The molecule has 3 N–H and O–H groups in total. The third-order valence-electron chi connectivity index (χ3n) is 4.58. The molecule has 8 nitrogen and oxygen atoms in total. The van der Waals surface area contributed by atoms with Gasteiger partial charge in [-0.2, -0.15) is 13.7 Å². The predicted molar refractivity (Wildman–Crippen MR) is 107 cm³/mol. The average Bonchev–Trinajstić information content (AvgIpc) is 3.03. The summed E-state index contributed by atoms with van der Waals surface area (Å²) < 4.78 is 60.4. The molecule has 11 heteroatoms. The summed E-state index contributed by atoms with van der Waals surface area (Å²) in [7, 11) is -4.36. The van der Waals surface area contributed by atoms with E-state index in [4.69, 9.17) is 0 Å². The van der Waals surface area contributed by atoms with E-state index in [1.54, 1.807) is 20.8 Å². The predicted octanol–water partition coefficient (Wildman–Crippen LogP) is 3.49. The number of halogens is 2. The number of fused-ring (bicyclic) bond motifs is 1. The molecule has 0 aliphatic rings. The molecule has 0 bridgehead atoms. The lowest BCUT2D eigenvalue weighted by atomic mass is 9.88. The maximum absolute atomic E-state index is 14.6. The molecule has 3 aromatic heterocycles. The third-order valence-corrected chi connectivity index (χ3v) is 5.34. The van der Waals surface area contributed by atoms with Gasteiger partial charge in [0.05, 0.1) is 23.2 Å². The van der Waals surface area contributed by atoms with Gasteiger partial charge in [-0.1, -0.05) is 20.8 Å². The summed E-state index contributed by atoms with van der Waals surface area (Å²) in [6.45, 7) is 5.14. The van der Waals surface area contributed by atoms with E-state index in [2.05, 4.69) is 20.3 Å². The fourth-order valence-electron chi connectivity index (χ4n) is 2.94. The van der Waals surface area contributed by atoms with Gasteiger partial charge in [-0.15, -0.1) is 0 Å². The molecular weight excluding hydrogens is 416 g/mol. The fraction of sp³-hybridized carbons (Fsp3) is 0.316. The fourth-order valence-corrected chi connectivity index (χ4v) is 3.94. The number of aromatic amines is 1. The Hall–Kier alpha value is -3.10. The van der Waals surface area contributed by atoms with Crippen molar-refractivity contribution in [1.29, 1.82) is 5.26 Å². The van der Waals surface area contributed by atoms with Crippen molar-refractivity contribution in [3.8, 4) is 17.3 Å². The topological polar surface area (TPSA) is 132 Å². The maximum Gasteiger partial charge on any atom is 0.266 e. The van der Waals surface area contributed by atoms with Crippen LogP contribution in [0, 0.1) is 28.4 Å². The van der Waals surface area contributed by atoms with Crippen molar-refractivity contribution >= 4 is 27.0 Å². The summed E-state index contributed by atoms with van der Waals surface area (Å²) in [6.07, 6.45) is 2.50. The number of H-pyrrole nitrogens is 1. The Labute approximate surface area is 171 Å². The van der Waals surface area contributed by atoms with Crippen LogP contribution in [0.15, 0.2) is 24.5 Å². The van der Waals surface area contributed by atoms with E-state index >= 15 is 0 Å². The minimum atomic E-state index is -4.36. The molecule has 0 unspecified atom stereocenters. The molecular formula is C19H19F2N5O3S. The highest BCUT2D eigenvalue weighted by molar-refractivity contribution is 7.85. The van der Waals surface area contributed by atoms with Crippen molar-refractivity contribution in [3.05, 3.63) is 41.7 Å². The van der Waals surface area contributed by atoms with Crippen LogP contribution in [0.25, 0.3) is 22.3 Å². The zero-order valence-electron chi connectivity index (χ0n) is 16.4. The van der Waals surface area contributed by atoms with Gasteiger partial charge >= 0.3 is 0 Å². The van der Waals surface area contributed by atoms with Crippen LogP contribution in [0.3, 0.4) is 0 Å². The number of rotatable bonds is 5. The molecule has 0 saturated carbocycles. The van der Waals surface area contributed by atoms with Gasteiger partial charge in [0.15, 0.2) is 11.6 Å². The Kier molecular flexibility index (Phi) is 5.49. The highest BCUT2D eigenvalue weighted by Crippen LogP contribution is 2.32. The van der Waals surface area contributed by atoms with Crippen molar-refractivity contribution in [3.63, 3.8) is 0 Å². The lowest BCUT2D eigenvalue weighted by molar-refractivity contribution is 0.351. The van der Waals surface area contributed by atoms with E-state index in [0.29, 0.717) is 16.6 Å². The van der Waals surface area contributed by atoms with Gasteiger partial charge in [-0.05, 0) is 17.5 Å². The van der Waals surface area contributed by atoms with E-state index in [9.17, 15) is 27.0 Å². The van der Waals surface area contributed by atoms with Crippen LogP contribution in [-0.4, -0.2) is 39.7 Å². The molecule has 0 fully saturated rings. The molecule has 0 radical (unpaired) electrons. The summed E-state index contributed by atoms with van der Waals surface area (Å²) in [5.74, 6) is -2.44. The summed E-state index contributed by atoms with van der Waals surface area (Å²) in [5.41, 5.74) is -0.0235. The summed E-state index contributed by atoms with van der Waals surface area (Å²) >= 11 is 0. The zero-order valence-corrected chi connectivity index (χ0v) is 17.2. The zero-order chi connectivity index (χ0) is 22.3. The largest absolute Gasteiger partial charge is 0.363 e. The Morgan fingerprint density at radius 2 is 2.03 bits per heavy atom. The smallest absolute Gasteiger partial charge is 0.266 e. The number of aromatic nitrogens is 3. The SMILES string of the molecule is CC(C)(C)[C@@H](CS(=O)(=O)O)Nc1nc(-c2c[nH]c3ncc(F)cc23)c(C#N)cc1F. The number of nitrogens with one attached hydrogen (secondary N) is 2. The first kappa shape index (κ1) is 21.6. The Morgan fingerprint density at radius 1 is 1.33 bits per heavy atom. The number of nitrogens with zero attached hydrogens (tertiary/aromatic N) is 3. The van der Waals surface area contributed by atoms with Gasteiger partial charge in [-0.3, -0.25) is 4.55 Å². The third kappa shape index (κ3) is 4.55. The number of pyridine rings is 2. The number of hydrogen-bond donors (Lipinski definition) is 3. The first-order chi connectivity index (χ1) is 13.9. The summed E-state index contributed by atoms with van der Waals surface area (Å²) in [5, 5.41) is 12.5. The number of hydrogen-bond acceptors (Lipinski definition) is 6. The van der Waals surface area contributed by atoms with Crippen molar-refractivity contribution in [2.45, 2.75) is 26.8 Å². The van der Waals surface area contributed by atoms with Crippen molar-refractivity contribution in [2.24, 2.45) is 5.41 Å². The molecule has 1 atom stereocenters. The molecule has 3 heterocycles. The van der Waals surface area contributed by atoms with Crippen LogP contribution in [0.2, 0.25) is 0 Å². The minimum Gasteiger partial charge on any atom is -0.363 e. The minimum absolute atomic E-state index is 0.0690. The molecule has 158 valence electrons. The normalized spacial score (nSPS) is 13.2. The first-order valence-corrected chi connectivity index (χ1v) is 10.5. The molecule has 30 heavy (non-hydrogen) atoms. The lowest BCUT2D eigenvalue weighted by Gasteiger charge is -2.31. The average molecular weight is 435 g/mol. The lowest BCUT2D eigenvalue weighted by Crippen LogP contribution is -2.40. The molecule has 0 spiro atoms. The van der Waals surface area contributed by atoms with Gasteiger partial charge in [-0.25, -0.2) is 18.7 Å². The Balaban J connectivity index is 2.14. The summed E-state index contributed by atoms with van der Waals surface area (Å²) in [4.78, 5) is 11.0. The van der Waals surface area contributed by atoms with Gasteiger partial charge in [0.1, 0.15) is 17.5 Å². The second kappa shape index (κ2) is 7.62. The number of anilines is 1. The van der Waals surface area contributed by atoms with Gasteiger partial charge in [0.2, 0.25) is 0 Å². The van der Waals surface area contributed by atoms with E-state index in [0.717, 1.165) is 12.3 Å².